The molecule has 0 spiro atoms. The first-order chi connectivity index (χ1) is 13.2. The predicted molar refractivity (Wildman–Crippen MR) is 119 cm³/mol. The molecule has 1 fully saturated rings. The number of halogens is 2. The third kappa shape index (κ3) is 6.99. The molecule has 0 aliphatic carbocycles. The van der Waals surface area contributed by atoms with Gasteiger partial charge in [0.1, 0.15) is 5.75 Å². The second-order valence-corrected chi connectivity index (χ2v) is 8.42. The molecule has 1 heterocycles. The quantitative estimate of drug-likeness (QED) is 0.335. The highest BCUT2D eigenvalue weighted by atomic mass is 79.9. The van der Waals surface area contributed by atoms with Gasteiger partial charge in [0.15, 0.2) is 0 Å². The third-order valence-electron chi connectivity index (χ3n) is 4.96. The first-order valence-corrected chi connectivity index (χ1v) is 10.9. The van der Waals surface area contributed by atoms with E-state index in [0.29, 0.717) is 0 Å². The van der Waals surface area contributed by atoms with Crippen LogP contribution in [0.3, 0.4) is 0 Å². The lowest BCUT2D eigenvalue weighted by Crippen LogP contribution is -2.08. The van der Waals surface area contributed by atoms with Crippen LogP contribution in [0.2, 0.25) is 5.02 Å². The van der Waals surface area contributed by atoms with E-state index in [4.69, 9.17) is 16.3 Å². The van der Waals surface area contributed by atoms with Crippen molar-refractivity contribution < 1.29 is 4.74 Å². The van der Waals surface area contributed by atoms with E-state index in [2.05, 4.69) is 45.5 Å². The van der Waals surface area contributed by atoms with Gasteiger partial charge in [0.05, 0.1) is 6.61 Å². The maximum Gasteiger partial charge on any atom is 0.119 e. The van der Waals surface area contributed by atoms with Gasteiger partial charge in [0.25, 0.3) is 0 Å². The second kappa shape index (κ2) is 10.9. The van der Waals surface area contributed by atoms with Gasteiger partial charge in [-0.15, -0.1) is 0 Å². The fourth-order valence-corrected chi connectivity index (χ4v) is 4.21. The van der Waals surface area contributed by atoms with E-state index in [-0.39, 0.29) is 0 Å². The molecule has 2 aromatic carbocycles. The van der Waals surface area contributed by atoms with Crippen molar-refractivity contribution in [2.75, 3.05) is 19.7 Å². The lowest BCUT2D eigenvalue weighted by atomic mass is 10.0. The standard InChI is InChI=1S/C23H27BrClNO/c24-23-16-21(25)11-10-20(23)9-8-18-6-4-7-22(15-18)27-14-3-1-2-5-19-12-13-26-17-19/h4,6-11,15-16,19,26H,1-3,5,12-14,17H2/b9-8+. The highest BCUT2D eigenvalue weighted by Gasteiger charge is 2.13. The van der Waals surface area contributed by atoms with Crippen LogP contribution in [-0.2, 0) is 0 Å². The first kappa shape index (κ1) is 20.4. The van der Waals surface area contributed by atoms with Crippen molar-refractivity contribution >= 4 is 39.7 Å². The summed E-state index contributed by atoms with van der Waals surface area (Å²) in [7, 11) is 0. The van der Waals surface area contributed by atoms with Crippen LogP contribution in [0.25, 0.3) is 12.2 Å². The fourth-order valence-electron chi connectivity index (χ4n) is 3.39. The van der Waals surface area contributed by atoms with E-state index >= 15 is 0 Å². The van der Waals surface area contributed by atoms with E-state index < -0.39 is 0 Å². The Morgan fingerprint density at radius 2 is 2.04 bits per heavy atom. The molecule has 27 heavy (non-hydrogen) atoms. The molecule has 1 aliphatic rings. The zero-order valence-electron chi connectivity index (χ0n) is 15.6. The van der Waals surface area contributed by atoms with Gasteiger partial charge >= 0.3 is 0 Å². The topological polar surface area (TPSA) is 21.3 Å². The SMILES string of the molecule is Clc1ccc(/C=C/c2cccc(OCCCCCC3CCNC3)c2)c(Br)c1. The number of ether oxygens (including phenoxy) is 1. The van der Waals surface area contributed by atoms with E-state index in [9.17, 15) is 0 Å². The molecule has 1 N–H and O–H groups in total. The van der Waals surface area contributed by atoms with Crippen molar-refractivity contribution in [3.63, 3.8) is 0 Å². The molecule has 1 aliphatic heterocycles. The number of nitrogens with one attached hydrogen (secondary N) is 1. The van der Waals surface area contributed by atoms with E-state index in [1.54, 1.807) is 0 Å². The maximum absolute atomic E-state index is 5.99. The van der Waals surface area contributed by atoms with Crippen LogP contribution in [0.15, 0.2) is 46.9 Å². The smallest absolute Gasteiger partial charge is 0.119 e. The minimum Gasteiger partial charge on any atom is -0.494 e. The van der Waals surface area contributed by atoms with Crippen LogP contribution in [0, 0.1) is 5.92 Å². The Hall–Kier alpha value is -1.29. The van der Waals surface area contributed by atoms with Crippen LogP contribution in [0.5, 0.6) is 5.75 Å². The number of rotatable bonds is 9. The first-order valence-electron chi connectivity index (χ1n) is 9.77. The predicted octanol–water partition coefficient (Wildman–Crippen LogP) is 6.82. The zero-order chi connectivity index (χ0) is 18.9. The van der Waals surface area contributed by atoms with Gasteiger partial charge in [-0.05, 0) is 73.7 Å². The van der Waals surface area contributed by atoms with E-state index in [0.717, 1.165) is 45.3 Å². The zero-order valence-corrected chi connectivity index (χ0v) is 17.9. The van der Waals surface area contributed by atoms with Crippen LogP contribution in [0.1, 0.15) is 43.2 Å². The van der Waals surface area contributed by atoms with Gasteiger partial charge < -0.3 is 10.1 Å². The Balaban J connectivity index is 1.42. The normalized spacial score (nSPS) is 16.9. The van der Waals surface area contributed by atoms with Gasteiger partial charge in [-0.3, -0.25) is 0 Å². The molecule has 0 aromatic heterocycles. The lowest BCUT2D eigenvalue weighted by Gasteiger charge is -2.09. The monoisotopic (exact) mass is 447 g/mol. The molecule has 3 rings (SSSR count). The van der Waals surface area contributed by atoms with Gasteiger partial charge in [-0.25, -0.2) is 0 Å². The van der Waals surface area contributed by atoms with Crippen LogP contribution in [0.4, 0.5) is 0 Å². The molecule has 0 saturated carbocycles. The lowest BCUT2D eigenvalue weighted by molar-refractivity contribution is 0.302. The molecule has 0 radical (unpaired) electrons. The number of unbranched alkanes of at least 4 members (excludes halogenated alkanes) is 2. The molecule has 1 saturated heterocycles. The molecule has 0 amide bonds. The van der Waals surface area contributed by atoms with Gasteiger partial charge in [0, 0.05) is 9.50 Å². The van der Waals surface area contributed by atoms with Crippen LogP contribution in [-0.4, -0.2) is 19.7 Å². The molecule has 4 heteroatoms. The van der Waals surface area contributed by atoms with Crippen LogP contribution < -0.4 is 10.1 Å². The summed E-state index contributed by atoms with van der Waals surface area (Å²) >= 11 is 9.54. The molecular weight excluding hydrogens is 422 g/mol. The second-order valence-electron chi connectivity index (χ2n) is 7.13. The fraction of sp³-hybridized carbons (Fsp3) is 0.391. The average molecular weight is 449 g/mol. The molecule has 144 valence electrons. The van der Waals surface area contributed by atoms with Crippen molar-refractivity contribution in [2.24, 2.45) is 5.92 Å². The molecular formula is C23H27BrClNO. The summed E-state index contributed by atoms with van der Waals surface area (Å²) in [4.78, 5) is 0. The number of benzene rings is 2. The van der Waals surface area contributed by atoms with Crippen molar-refractivity contribution in [2.45, 2.75) is 32.1 Å². The molecule has 1 unspecified atom stereocenters. The van der Waals surface area contributed by atoms with Gasteiger partial charge in [-0.2, -0.15) is 0 Å². The summed E-state index contributed by atoms with van der Waals surface area (Å²) in [6.07, 6.45) is 10.6. The van der Waals surface area contributed by atoms with E-state index in [1.807, 2.05) is 30.3 Å². The van der Waals surface area contributed by atoms with Gasteiger partial charge in [0.2, 0.25) is 0 Å². The van der Waals surface area contributed by atoms with Crippen molar-refractivity contribution in [1.29, 1.82) is 0 Å². The summed E-state index contributed by atoms with van der Waals surface area (Å²) in [6.45, 7) is 3.20. The summed E-state index contributed by atoms with van der Waals surface area (Å²) in [5, 5.41) is 4.17. The average Bonchev–Trinajstić information content (AvgIpc) is 3.18. The molecule has 0 bridgehead atoms. The van der Waals surface area contributed by atoms with Crippen molar-refractivity contribution in [1.82, 2.24) is 5.32 Å². The Morgan fingerprint density at radius 1 is 1.11 bits per heavy atom. The Labute approximate surface area is 176 Å². The minimum atomic E-state index is 0.731. The highest BCUT2D eigenvalue weighted by Crippen LogP contribution is 2.24. The van der Waals surface area contributed by atoms with Gasteiger partial charge in [-0.1, -0.05) is 70.7 Å². The highest BCUT2D eigenvalue weighted by molar-refractivity contribution is 9.10. The van der Waals surface area contributed by atoms with E-state index in [1.165, 1.54) is 38.8 Å². The molecule has 2 aromatic rings. The van der Waals surface area contributed by atoms with Crippen LogP contribution >= 0.6 is 27.5 Å². The minimum absolute atomic E-state index is 0.731. The largest absolute Gasteiger partial charge is 0.494 e. The Bertz CT molecular complexity index is 756. The third-order valence-corrected chi connectivity index (χ3v) is 5.89. The number of hydrogen-bond donors (Lipinski definition) is 1. The van der Waals surface area contributed by atoms with Crippen molar-refractivity contribution in [3.8, 4) is 5.75 Å². The molecule has 2 nitrogen and oxygen atoms in total. The summed E-state index contributed by atoms with van der Waals surface area (Å²) in [5.41, 5.74) is 2.23. The summed E-state index contributed by atoms with van der Waals surface area (Å²) in [6, 6.07) is 14.1. The Kier molecular flexibility index (Phi) is 8.25. The Morgan fingerprint density at radius 3 is 2.85 bits per heavy atom. The maximum atomic E-state index is 5.99. The van der Waals surface area contributed by atoms with Crippen molar-refractivity contribution in [3.05, 3.63) is 63.1 Å². The summed E-state index contributed by atoms with van der Waals surface area (Å²) < 4.78 is 6.93. The molecule has 1 atom stereocenters. The number of hydrogen-bond acceptors (Lipinski definition) is 2. The summed E-state index contributed by atoms with van der Waals surface area (Å²) in [5.74, 6) is 1.84.